The highest BCUT2D eigenvalue weighted by atomic mass is 16.5. The van der Waals surface area contributed by atoms with E-state index in [9.17, 15) is 19.8 Å². The monoisotopic (exact) mass is 559 g/mol. The van der Waals surface area contributed by atoms with Crippen molar-refractivity contribution in [2.45, 2.75) is 31.6 Å². The predicted molar refractivity (Wildman–Crippen MR) is 154 cm³/mol. The highest BCUT2D eigenvalue weighted by Gasteiger charge is 2.33. The maximum Gasteiger partial charge on any atom is 0.223 e. The molecule has 0 radical (unpaired) electrons. The molecule has 1 atom stereocenters. The molecule has 2 N–H and O–H groups in total. The number of ether oxygens (including phenoxy) is 3. The summed E-state index contributed by atoms with van der Waals surface area (Å²) in [4.78, 5) is 28.9. The van der Waals surface area contributed by atoms with Crippen LogP contribution in [-0.4, -0.2) is 55.4 Å². The molecule has 4 aromatic rings. The van der Waals surface area contributed by atoms with Crippen molar-refractivity contribution >= 4 is 16.9 Å². The summed E-state index contributed by atoms with van der Waals surface area (Å²) in [6.45, 7) is 1.29. The van der Waals surface area contributed by atoms with Gasteiger partial charge in [-0.05, 0) is 25.3 Å². The quantitative estimate of drug-likeness (QED) is 0.293. The van der Waals surface area contributed by atoms with Crippen molar-refractivity contribution in [1.29, 1.82) is 0 Å². The molecule has 0 bridgehead atoms. The van der Waals surface area contributed by atoms with Gasteiger partial charge in [0.1, 0.15) is 28.2 Å². The molecule has 1 aromatic heterocycles. The molecule has 0 saturated carbocycles. The van der Waals surface area contributed by atoms with Gasteiger partial charge in [0.15, 0.2) is 16.9 Å². The second kappa shape index (κ2) is 11.8. The molecule has 9 nitrogen and oxygen atoms in total. The molecule has 3 aromatic carbocycles. The number of hydrogen-bond acceptors (Lipinski definition) is 8. The minimum absolute atomic E-state index is 0.0119. The maximum atomic E-state index is 13.7. The molecular formula is C32H33NO8. The number of methoxy groups -OCH3 is 3. The molecule has 214 valence electrons. The van der Waals surface area contributed by atoms with Crippen molar-refractivity contribution in [3.05, 3.63) is 75.9 Å². The number of aromatic hydroxyl groups is 2. The minimum atomic E-state index is -0.837. The number of likely N-dealkylation sites (tertiary alicyclic amines) is 1. The van der Waals surface area contributed by atoms with Crippen molar-refractivity contribution in [2.75, 3.05) is 34.4 Å². The molecule has 1 saturated heterocycles. The van der Waals surface area contributed by atoms with Gasteiger partial charge in [0.05, 0.1) is 21.3 Å². The number of nitrogens with zero attached hydrogens (tertiary/aromatic N) is 1. The van der Waals surface area contributed by atoms with Gasteiger partial charge < -0.3 is 33.7 Å². The molecule has 1 unspecified atom stereocenters. The Morgan fingerprint density at radius 3 is 2.27 bits per heavy atom. The highest BCUT2D eigenvalue weighted by Crippen LogP contribution is 2.49. The van der Waals surface area contributed by atoms with Crippen LogP contribution in [-0.2, 0) is 4.79 Å². The van der Waals surface area contributed by atoms with Gasteiger partial charge in [0.2, 0.25) is 11.7 Å². The van der Waals surface area contributed by atoms with Gasteiger partial charge in [0.25, 0.3) is 0 Å². The number of hydrogen-bond donors (Lipinski definition) is 2. The van der Waals surface area contributed by atoms with Crippen LogP contribution in [0.5, 0.6) is 28.7 Å². The smallest absolute Gasteiger partial charge is 0.223 e. The highest BCUT2D eigenvalue weighted by molar-refractivity contribution is 5.91. The summed E-state index contributed by atoms with van der Waals surface area (Å²) >= 11 is 0. The van der Waals surface area contributed by atoms with Crippen LogP contribution in [0.1, 0.15) is 42.7 Å². The van der Waals surface area contributed by atoms with Gasteiger partial charge in [-0.2, -0.15) is 0 Å². The zero-order valence-corrected chi connectivity index (χ0v) is 23.3. The van der Waals surface area contributed by atoms with Crippen molar-refractivity contribution in [1.82, 2.24) is 4.90 Å². The number of rotatable bonds is 8. The van der Waals surface area contributed by atoms with Gasteiger partial charge in [-0.15, -0.1) is 0 Å². The summed E-state index contributed by atoms with van der Waals surface area (Å²) < 4.78 is 23.1. The van der Waals surface area contributed by atoms with E-state index < -0.39 is 17.1 Å². The summed E-state index contributed by atoms with van der Waals surface area (Å²) in [7, 11) is 4.47. The van der Waals surface area contributed by atoms with Crippen LogP contribution in [0.15, 0.2) is 63.8 Å². The molecule has 9 heteroatoms. The fourth-order valence-corrected chi connectivity index (χ4v) is 5.62. The standard InChI is InChI=1S/C32H33NO8/c1-38-25-13-12-20(30(39-2)31(25)40-3)21(16-27(37)33-14-8-5-9-15-33)28-22(34)17-23(35)29-24(36)18-26(41-32(28)29)19-10-6-4-7-11-19/h4,6-7,10-13,17-18,21,34-35H,5,8-9,14-16H2,1-3H3. The average Bonchev–Trinajstić information content (AvgIpc) is 2.99. The Kier molecular flexibility index (Phi) is 8.05. The molecule has 1 aliphatic rings. The lowest BCUT2D eigenvalue weighted by atomic mass is 9.85. The van der Waals surface area contributed by atoms with Crippen LogP contribution in [0.2, 0.25) is 0 Å². The van der Waals surface area contributed by atoms with Gasteiger partial charge in [0, 0.05) is 54.3 Å². The molecule has 1 aliphatic heterocycles. The Morgan fingerprint density at radius 1 is 0.902 bits per heavy atom. The van der Waals surface area contributed by atoms with E-state index in [0.717, 1.165) is 25.3 Å². The number of phenolic OH excluding ortho intramolecular Hbond substituents is 2. The molecule has 41 heavy (non-hydrogen) atoms. The first-order valence-corrected chi connectivity index (χ1v) is 13.5. The summed E-state index contributed by atoms with van der Waals surface area (Å²) in [5, 5.41) is 22.0. The Morgan fingerprint density at radius 2 is 1.61 bits per heavy atom. The normalized spacial score (nSPS) is 14.1. The maximum absolute atomic E-state index is 13.7. The number of benzene rings is 3. The third-order valence-electron chi connectivity index (χ3n) is 7.60. The van der Waals surface area contributed by atoms with Crippen LogP contribution in [0.3, 0.4) is 0 Å². The van der Waals surface area contributed by atoms with Crippen LogP contribution < -0.4 is 19.6 Å². The molecule has 1 fully saturated rings. The Hall–Kier alpha value is -4.66. The van der Waals surface area contributed by atoms with E-state index in [4.69, 9.17) is 18.6 Å². The molecular weight excluding hydrogens is 526 g/mol. The van der Waals surface area contributed by atoms with Crippen LogP contribution >= 0.6 is 0 Å². The van der Waals surface area contributed by atoms with E-state index in [1.165, 1.54) is 27.4 Å². The van der Waals surface area contributed by atoms with E-state index in [-0.39, 0.29) is 40.4 Å². The van der Waals surface area contributed by atoms with Crippen molar-refractivity contribution < 1.29 is 33.6 Å². The fourth-order valence-electron chi connectivity index (χ4n) is 5.62. The third kappa shape index (κ3) is 5.27. The van der Waals surface area contributed by atoms with Gasteiger partial charge in [-0.3, -0.25) is 9.59 Å². The van der Waals surface area contributed by atoms with Crippen LogP contribution in [0.25, 0.3) is 22.3 Å². The van der Waals surface area contributed by atoms with E-state index in [2.05, 4.69) is 0 Å². The Bertz CT molecular complexity index is 1620. The average molecular weight is 560 g/mol. The lowest BCUT2D eigenvalue weighted by Gasteiger charge is -2.30. The number of piperidine rings is 1. The summed E-state index contributed by atoms with van der Waals surface area (Å²) in [5.41, 5.74) is 0.852. The first-order valence-electron chi connectivity index (χ1n) is 13.5. The predicted octanol–water partition coefficient (Wildman–Crippen LogP) is 5.43. The molecule has 1 amide bonds. The summed E-state index contributed by atoms with van der Waals surface area (Å²) in [6.07, 6.45) is 2.84. The Labute approximate surface area is 237 Å². The largest absolute Gasteiger partial charge is 0.507 e. The minimum Gasteiger partial charge on any atom is -0.507 e. The topological polar surface area (TPSA) is 119 Å². The fraction of sp³-hybridized carbons (Fsp3) is 0.312. The third-order valence-corrected chi connectivity index (χ3v) is 7.60. The number of phenols is 2. The summed E-state index contributed by atoms with van der Waals surface area (Å²) in [5.74, 6) is -0.388. The van der Waals surface area contributed by atoms with Crippen molar-refractivity contribution in [3.8, 4) is 40.1 Å². The first kappa shape index (κ1) is 27.9. The molecule has 5 rings (SSSR count). The number of carbonyl (C=O) groups excluding carboxylic acids is 1. The van der Waals surface area contributed by atoms with E-state index in [0.29, 0.717) is 41.5 Å². The van der Waals surface area contributed by atoms with E-state index in [1.54, 1.807) is 24.3 Å². The van der Waals surface area contributed by atoms with Gasteiger partial charge in [-0.25, -0.2) is 0 Å². The van der Waals surface area contributed by atoms with Gasteiger partial charge >= 0.3 is 0 Å². The first-order chi connectivity index (χ1) is 19.9. The zero-order valence-electron chi connectivity index (χ0n) is 23.3. The van der Waals surface area contributed by atoms with Crippen molar-refractivity contribution in [3.63, 3.8) is 0 Å². The number of fused-ring (bicyclic) bond motifs is 1. The SMILES string of the molecule is COc1ccc(C(CC(=O)N2CCCCC2)c2c(O)cc(O)c3c(=O)cc(-c4ccccc4)oc23)c(OC)c1OC. The second-order valence-electron chi connectivity index (χ2n) is 10.00. The molecule has 2 heterocycles. The van der Waals surface area contributed by atoms with Crippen LogP contribution in [0, 0.1) is 0 Å². The van der Waals surface area contributed by atoms with E-state index in [1.807, 2.05) is 23.1 Å². The lowest BCUT2D eigenvalue weighted by molar-refractivity contribution is -0.132. The zero-order chi connectivity index (χ0) is 29.1. The van der Waals surface area contributed by atoms with Crippen molar-refractivity contribution in [2.24, 2.45) is 0 Å². The Balaban J connectivity index is 1.79. The lowest BCUT2D eigenvalue weighted by Crippen LogP contribution is -2.36. The van der Waals surface area contributed by atoms with Crippen LogP contribution in [0.4, 0.5) is 0 Å². The second-order valence-corrected chi connectivity index (χ2v) is 10.00. The van der Waals surface area contributed by atoms with E-state index >= 15 is 0 Å². The molecule has 0 aliphatic carbocycles. The summed E-state index contributed by atoms with van der Waals surface area (Å²) in [6, 6.07) is 14.9. The number of carbonyl (C=O) groups is 1. The van der Waals surface area contributed by atoms with Gasteiger partial charge in [-0.1, -0.05) is 36.4 Å². The molecule has 0 spiro atoms. The number of amides is 1.